The number of carbonyl (C=O) groups excluding carboxylic acids is 2. The zero-order chi connectivity index (χ0) is 20.9. The molecule has 5 nitrogen and oxygen atoms in total. The maximum absolute atomic E-state index is 12.8. The van der Waals surface area contributed by atoms with Gasteiger partial charge >= 0.3 is 0 Å². The van der Waals surface area contributed by atoms with Crippen LogP contribution in [0.3, 0.4) is 0 Å². The summed E-state index contributed by atoms with van der Waals surface area (Å²) in [5.74, 6) is 0.381. The zero-order valence-electron chi connectivity index (χ0n) is 16.7. The maximum atomic E-state index is 12.8. The zero-order valence-corrected chi connectivity index (χ0v) is 17.5. The van der Waals surface area contributed by atoms with E-state index in [1.807, 2.05) is 29.2 Å². The van der Waals surface area contributed by atoms with E-state index in [4.69, 9.17) is 22.1 Å². The first kappa shape index (κ1) is 21.2. The molecule has 0 atom stereocenters. The van der Waals surface area contributed by atoms with Gasteiger partial charge in [-0.3, -0.25) is 9.59 Å². The molecule has 0 bridgehead atoms. The molecule has 2 aromatic carbocycles. The molecule has 0 saturated carbocycles. The van der Waals surface area contributed by atoms with Crippen LogP contribution in [0, 0.1) is 5.41 Å². The number of carbonyl (C=O) groups is 2. The number of aryl methyl sites for hydroxylation is 1. The van der Waals surface area contributed by atoms with Crippen LogP contribution in [-0.4, -0.2) is 36.4 Å². The molecule has 1 fully saturated rings. The fourth-order valence-corrected chi connectivity index (χ4v) is 3.88. The molecular formula is C23H27ClN2O3. The number of nitrogens with two attached hydrogens (primary N) is 1. The first-order valence-corrected chi connectivity index (χ1v) is 10.3. The predicted octanol–water partition coefficient (Wildman–Crippen LogP) is 4.08. The van der Waals surface area contributed by atoms with E-state index in [1.54, 1.807) is 24.3 Å². The Bertz CT molecular complexity index is 841. The number of hydrogen-bond donors (Lipinski definition) is 1. The van der Waals surface area contributed by atoms with Gasteiger partial charge in [-0.1, -0.05) is 30.7 Å². The van der Waals surface area contributed by atoms with E-state index in [-0.39, 0.29) is 23.7 Å². The number of primary amides is 1. The topological polar surface area (TPSA) is 72.6 Å². The van der Waals surface area contributed by atoms with Gasteiger partial charge in [-0.25, -0.2) is 0 Å². The van der Waals surface area contributed by atoms with Crippen molar-refractivity contribution in [1.29, 1.82) is 0 Å². The van der Waals surface area contributed by atoms with Crippen LogP contribution in [0.2, 0.25) is 5.02 Å². The lowest BCUT2D eigenvalue weighted by atomic mass is 9.76. The van der Waals surface area contributed by atoms with Crippen molar-refractivity contribution in [3.8, 4) is 5.75 Å². The van der Waals surface area contributed by atoms with E-state index >= 15 is 0 Å². The van der Waals surface area contributed by atoms with E-state index in [0.717, 1.165) is 6.42 Å². The molecule has 2 N–H and O–H groups in total. The summed E-state index contributed by atoms with van der Waals surface area (Å²) in [7, 11) is 0. The number of halogens is 1. The molecule has 2 aromatic rings. The fraction of sp³-hybridized carbons (Fsp3) is 0.391. The van der Waals surface area contributed by atoms with Gasteiger partial charge < -0.3 is 15.4 Å². The summed E-state index contributed by atoms with van der Waals surface area (Å²) in [6.07, 6.45) is 2.53. The molecule has 0 aromatic heterocycles. The number of amides is 2. The minimum absolute atomic E-state index is 0.0268. The smallest absolute Gasteiger partial charge is 0.253 e. The highest BCUT2D eigenvalue weighted by Gasteiger charge is 2.38. The fourth-order valence-electron chi connectivity index (χ4n) is 3.76. The summed E-state index contributed by atoms with van der Waals surface area (Å²) in [6, 6.07) is 14.9. The Morgan fingerprint density at radius 1 is 1.07 bits per heavy atom. The van der Waals surface area contributed by atoms with Crippen LogP contribution < -0.4 is 10.5 Å². The third-order valence-corrected chi connectivity index (χ3v) is 5.88. The minimum Gasteiger partial charge on any atom is -0.493 e. The van der Waals surface area contributed by atoms with Gasteiger partial charge in [0.15, 0.2) is 0 Å². The van der Waals surface area contributed by atoms with Gasteiger partial charge in [-0.05, 0) is 61.2 Å². The number of likely N-dealkylation sites (tertiary alicyclic amines) is 1. The van der Waals surface area contributed by atoms with Crippen molar-refractivity contribution < 1.29 is 14.3 Å². The average Bonchev–Trinajstić information content (AvgIpc) is 2.73. The second-order valence-corrected chi connectivity index (χ2v) is 8.16. The number of hydrogen-bond acceptors (Lipinski definition) is 3. The molecule has 0 radical (unpaired) electrons. The van der Waals surface area contributed by atoms with Gasteiger partial charge in [-0.15, -0.1) is 0 Å². The summed E-state index contributed by atoms with van der Waals surface area (Å²) in [4.78, 5) is 26.4. The van der Waals surface area contributed by atoms with Crippen LogP contribution in [0.15, 0.2) is 48.5 Å². The van der Waals surface area contributed by atoms with Crippen LogP contribution in [0.4, 0.5) is 0 Å². The average molecular weight is 415 g/mol. The molecule has 0 aliphatic carbocycles. The third-order valence-electron chi connectivity index (χ3n) is 5.63. The quantitative estimate of drug-likeness (QED) is 0.741. The molecule has 2 amide bonds. The van der Waals surface area contributed by atoms with Crippen molar-refractivity contribution in [2.75, 3.05) is 19.7 Å². The van der Waals surface area contributed by atoms with Gasteiger partial charge in [0, 0.05) is 35.5 Å². The highest BCUT2D eigenvalue weighted by molar-refractivity contribution is 6.30. The highest BCUT2D eigenvalue weighted by atomic mass is 35.5. The van der Waals surface area contributed by atoms with Crippen molar-refractivity contribution >= 4 is 23.4 Å². The Kier molecular flexibility index (Phi) is 6.80. The molecule has 1 saturated heterocycles. The molecule has 0 unspecified atom stereocenters. The van der Waals surface area contributed by atoms with Gasteiger partial charge in [0.05, 0.1) is 6.61 Å². The Morgan fingerprint density at radius 2 is 1.69 bits per heavy atom. The monoisotopic (exact) mass is 414 g/mol. The van der Waals surface area contributed by atoms with Crippen molar-refractivity contribution in [3.63, 3.8) is 0 Å². The van der Waals surface area contributed by atoms with E-state index < -0.39 is 0 Å². The van der Waals surface area contributed by atoms with Crippen LogP contribution in [0.1, 0.15) is 42.1 Å². The molecule has 154 valence electrons. The Balaban J connectivity index is 1.64. The van der Waals surface area contributed by atoms with E-state index in [1.165, 1.54) is 5.56 Å². The lowest BCUT2D eigenvalue weighted by Crippen LogP contribution is -2.47. The number of nitrogens with zero attached hydrogens (tertiary/aromatic N) is 1. The van der Waals surface area contributed by atoms with Gasteiger partial charge in [-0.2, -0.15) is 0 Å². The summed E-state index contributed by atoms with van der Waals surface area (Å²) >= 11 is 5.92. The number of benzene rings is 2. The second-order valence-electron chi connectivity index (χ2n) is 7.73. The van der Waals surface area contributed by atoms with Crippen LogP contribution in [0.25, 0.3) is 0 Å². The van der Waals surface area contributed by atoms with E-state index in [0.29, 0.717) is 48.9 Å². The second kappa shape index (κ2) is 9.31. The maximum Gasteiger partial charge on any atom is 0.253 e. The van der Waals surface area contributed by atoms with Gasteiger partial charge in [0.25, 0.3) is 5.91 Å². The number of piperidine rings is 1. The number of rotatable bonds is 7. The van der Waals surface area contributed by atoms with Crippen molar-refractivity contribution in [2.24, 2.45) is 11.1 Å². The third kappa shape index (κ3) is 5.51. The lowest BCUT2D eigenvalue weighted by Gasteiger charge is -2.41. The first-order valence-electron chi connectivity index (χ1n) is 9.96. The van der Waals surface area contributed by atoms with Crippen LogP contribution in [0.5, 0.6) is 5.75 Å². The molecule has 1 aliphatic rings. The number of ether oxygens (including phenoxy) is 1. The van der Waals surface area contributed by atoms with Crippen LogP contribution in [-0.2, 0) is 11.2 Å². The Labute approximate surface area is 176 Å². The molecule has 29 heavy (non-hydrogen) atoms. The molecular weight excluding hydrogens is 388 g/mol. The largest absolute Gasteiger partial charge is 0.493 e. The molecule has 1 heterocycles. The van der Waals surface area contributed by atoms with Crippen molar-refractivity contribution in [3.05, 3.63) is 64.7 Å². The van der Waals surface area contributed by atoms with Crippen molar-refractivity contribution in [1.82, 2.24) is 4.90 Å². The summed E-state index contributed by atoms with van der Waals surface area (Å²) in [5.41, 5.74) is 7.06. The Hall–Kier alpha value is -2.53. The highest BCUT2D eigenvalue weighted by Crippen LogP contribution is 2.36. The minimum atomic E-state index is -0.367. The standard InChI is InChI=1S/C23H27ClN2O3/c1-2-17-3-5-18(6-4-17)22(28)26-13-11-23(12-14-26,15-21(25)27)16-29-20-9-7-19(24)8-10-20/h3-10H,2,11-16H2,1H3,(H2,25,27). The summed E-state index contributed by atoms with van der Waals surface area (Å²) < 4.78 is 5.94. The SMILES string of the molecule is CCc1ccc(C(=O)N2CCC(COc3ccc(Cl)cc3)(CC(N)=O)CC2)cc1. The van der Waals surface area contributed by atoms with Gasteiger partial charge in [0.2, 0.25) is 5.91 Å². The molecule has 3 rings (SSSR count). The molecule has 1 aliphatic heterocycles. The summed E-state index contributed by atoms with van der Waals surface area (Å²) in [6.45, 7) is 3.62. The summed E-state index contributed by atoms with van der Waals surface area (Å²) in [5, 5.41) is 0.642. The van der Waals surface area contributed by atoms with E-state index in [9.17, 15) is 9.59 Å². The van der Waals surface area contributed by atoms with Gasteiger partial charge in [0.1, 0.15) is 5.75 Å². The van der Waals surface area contributed by atoms with Crippen LogP contribution >= 0.6 is 11.6 Å². The Morgan fingerprint density at radius 3 is 2.24 bits per heavy atom. The molecule has 6 heteroatoms. The lowest BCUT2D eigenvalue weighted by molar-refractivity contribution is -0.121. The first-order chi connectivity index (χ1) is 13.9. The van der Waals surface area contributed by atoms with E-state index in [2.05, 4.69) is 6.92 Å². The predicted molar refractivity (Wildman–Crippen MR) is 114 cm³/mol. The normalized spacial score (nSPS) is 15.7. The van der Waals surface area contributed by atoms with Crippen molar-refractivity contribution in [2.45, 2.75) is 32.6 Å². The molecule has 0 spiro atoms.